The fraction of sp³-hybridized carbons (Fsp3) is 0. The number of aromatic amines is 1. The zero-order valence-corrected chi connectivity index (χ0v) is 10.7. The molecule has 1 heterocycles. The van der Waals surface area contributed by atoms with E-state index in [1.165, 1.54) is 12.1 Å². The predicted molar refractivity (Wildman–Crippen MR) is 71.9 cm³/mol. The van der Waals surface area contributed by atoms with E-state index < -0.39 is 9.84 Å². The Labute approximate surface area is 110 Å². The average molecular weight is 273 g/mol. The minimum atomic E-state index is -3.74. The van der Waals surface area contributed by atoms with Crippen LogP contribution in [-0.4, -0.2) is 18.5 Å². The summed E-state index contributed by atoms with van der Waals surface area (Å²) in [7, 11) is -3.74. The molecule has 2 N–H and O–H groups in total. The number of benzene rings is 2. The molecule has 96 valence electrons. The second-order valence-corrected chi connectivity index (χ2v) is 6.08. The Balaban J connectivity index is 2.23. The third-order valence-electron chi connectivity index (χ3n) is 2.95. The number of rotatable bonds is 2. The van der Waals surface area contributed by atoms with E-state index in [1.807, 2.05) is 18.2 Å². The first kappa shape index (κ1) is 11.8. The summed E-state index contributed by atoms with van der Waals surface area (Å²) in [6.45, 7) is 0. The predicted octanol–water partition coefficient (Wildman–Crippen LogP) is 2.71. The van der Waals surface area contributed by atoms with Gasteiger partial charge in [-0.05, 0) is 24.3 Å². The van der Waals surface area contributed by atoms with Crippen molar-refractivity contribution in [3.63, 3.8) is 0 Å². The van der Waals surface area contributed by atoms with Crippen molar-refractivity contribution < 1.29 is 13.5 Å². The lowest BCUT2D eigenvalue weighted by atomic mass is 10.3. The second-order valence-electron chi connectivity index (χ2n) is 4.19. The summed E-state index contributed by atoms with van der Waals surface area (Å²) in [5, 5.41) is 10.6. The smallest absolute Gasteiger partial charge is 0.225 e. The Bertz CT molecular complexity index is 817. The Hall–Kier alpha value is -2.27. The van der Waals surface area contributed by atoms with Gasteiger partial charge in [0.15, 0.2) is 0 Å². The van der Waals surface area contributed by atoms with Crippen LogP contribution in [0.2, 0.25) is 0 Å². The average Bonchev–Trinajstić information content (AvgIpc) is 2.83. The highest BCUT2D eigenvalue weighted by Gasteiger charge is 2.22. The van der Waals surface area contributed by atoms with Crippen LogP contribution in [0.5, 0.6) is 5.75 Å². The van der Waals surface area contributed by atoms with Gasteiger partial charge in [0.05, 0.1) is 0 Å². The first-order chi connectivity index (χ1) is 9.09. The van der Waals surface area contributed by atoms with E-state index >= 15 is 0 Å². The number of para-hydroxylation sites is 2. The van der Waals surface area contributed by atoms with Crippen molar-refractivity contribution in [3.8, 4) is 5.75 Å². The topological polar surface area (TPSA) is 70.2 Å². The van der Waals surface area contributed by atoms with Gasteiger partial charge in [-0.2, -0.15) is 0 Å². The number of phenols is 1. The summed E-state index contributed by atoms with van der Waals surface area (Å²) in [6, 6.07) is 14.8. The molecular formula is C14H11NO3S. The van der Waals surface area contributed by atoms with Crippen molar-refractivity contribution in [1.29, 1.82) is 0 Å². The van der Waals surface area contributed by atoms with Gasteiger partial charge in [-0.15, -0.1) is 0 Å². The molecule has 0 saturated heterocycles. The zero-order chi connectivity index (χ0) is 13.5. The quantitative estimate of drug-likeness (QED) is 0.754. The third-order valence-corrected chi connectivity index (χ3v) is 4.67. The highest BCUT2D eigenvalue weighted by molar-refractivity contribution is 7.91. The standard InChI is InChI=1S/C14H11NO3S/c16-12-7-3-4-8-13(12)19(17,18)14-9-10-5-1-2-6-11(10)15-14/h1-9,15-16H. The summed E-state index contributed by atoms with van der Waals surface area (Å²) in [5.74, 6) is -0.249. The van der Waals surface area contributed by atoms with Crippen LogP contribution in [0.15, 0.2) is 64.5 Å². The van der Waals surface area contributed by atoms with Crippen molar-refractivity contribution in [3.05, 3.63) is 54.6 Å². The molecule has 19 heavy (non-hydrogen) atoms. The molecule has 0 aliphatic carbocycles. The molecule has 0 radical (unpaired) electrons. The van der Waals surface area contributed by atoms with E-state index in [4.69, 9.17) is 0 Å². The van der Waals surface area contributed by atoms with Gasteiger partial charge < -0.3 is 10.1 Å². The van der Waals surface area contributed by atoms with E-state index in [-0.39, 0.29) is 15.7 Å². The number of sulfone groups is 1. The molecule has 0 aliphatic heterocycles. The maximum absolute atomic E-state index is 12.4. The Kier molecular flexibility index (Phi) is 2.57. The number of hydrogen-bond acceptors (Lipinski definition) is 3. The molecule has 3 rings (SSSR count). The molecule has 5 heteroatoms. The molecule has 3 aromatic rings. The highest BCUT2D eigenvalue weighted by atomic mass is 32.2. The van der Waals surface area contributed by atoms with Gasteiger partial charge in [0.2, 0.25) is 9.84 Å². The number of aromatic nitrogens is 1. The van der Waals surface area contributed by atoms with Crippen molar-refractivity contribution in [2.75, 3.05) is 0 Å². The molecule has 0 unspecified atom stereocenters. The SMILES string of the molecule is O=S(=O)(c1cc2ccccc2[nH]1)c1ccccc1O. The molecule has 1 aromatic heterocycles. The largest absolute Gasteiger partial charge is 0.507 e. The lowest BCUT2D eigenvalue weighted by Gasteiger charge is -2.03. The van der Waals surface area contributed by atoms with Crippen molar-refractivity contribution in [1.82, 2.24) is 4.98 Å². The maximum Gasteiger partial charge on any atom is 0.225 e. The number of phenolic OH excluding ortho intramolecular Hbond substituents is 1. The monoisotopic (exact) mass is 273 g/mol. The fourth-order valence-corrected chi connectivity index (χ4v) is 3.36. The lowest BCUT2D eigenvalue weighted by Crippen LogP contribution is -2.02. The molecule has 0 atom stereocenters. The summed E-state index contributed by atoms with van der Waals surface area (Å²) >= 11 is 0. The zero-order valence-electron chi connectivity index (χ0n) is 9.87. The summed E-state index contributed by atoms with van der Waals surface area (Å²) < 4.78 is 24.9. The molecule has 0 amide bonds. The summed E-state index contributed by atoms with van der Waals surface area (Å²) in [6.07, 6.45) is 0. The number of nitrogens with one attached hydrogen (secondary N) is 1. The molecular weight excluding hydrogens is 262 g/mol. The molecule has 0 fully saturated rings. The van der Waals surface area contributed by atoms with Gasteiger partial charge in [0.1, 0.15) is 15.7 Å². The van der Waals surface area contributed by atoms with Crippen LogP contribution in [0.3, 0.4) is 0 Å². The van der Waals surface area contributed by atoms with Crippen LogP contribution in [-0.2, 0) is 9.84 Å². The Morgan fingerprint density at radius 3 is 2.37 bits per heavy atom. The van der Waals surface area contributed by atoms with E-state index in [1.54, 1.807) is 24.3 Å². The van der Waals surface area contributed by atoms with Gasteiger partial charge in [0, 0.05) is 10.9 Å². The van der Waals surface area contributed by atoms with Gasteiger partial charge in [-0.3, -0.25) is 0 Å². The molecule has 2 aromatic carbocycles. The third kappa shape index (κ3) is 1.88. The van der Waals surface area contributed by atoms with Crippen molar-refractivity contribution >= 4 is 20.7 Å². The number of hydrogen-bond donors (Lipinski definition) is 2. The van der Waals surface area contributed by atoms with Gasteiger partial charge in [-0.1, -0.05) is 30.3 Å². The molecule has 0 saturated carbocycles. The fourth-order valence-electron chi connectivity index (χ4n) is 1.99. The van der Waals surface area contributed by atoms with Crippen molar-refractivity contribution in [2.24, 2.45) is 0 Å². The highest BCUT2D eigenvalue weighted by Crippen LogP contribution is 2.29. The normalized spacial score (nSPS) is 11.8. The van der Waals surface area contributed by atoms with Crippen LogP contribution in [0, 0.1) is 0 Å². The van der Waals surface area contributed by atoms with Crippen LogP contribution in [0.25, 0.3) is 10.9 Å². The summed E-state index contributed by atoms with van der Waals surface area (Å²) in [5.41, 5.74) is 0.747. The van der Waals surface area contributed by atoms with Gasteiger partial charge in [-0.25, -0.2) is 8.42 Å². The Morgan fingerprint density at radius 1 is 0.947 bits per heavy atom. The minimum absolute atomic E-state index is 0.0789. The van der Waals surface area contributed by atoms with Gasteiger partial charge in [0.25, 0.3) is 0 Å². The van der Waals surface area contributed by atoms with Crippen LogP contribution in [0.1, 0.15) is 0 Å². The second kappa shape index (κ2) is 4.13. The molecule has 4 nitrogen and oxygen atoms in total. The number of aromatic hydroxyl groups is 1. The van der Waals surface area contributed by atoms with Crippen LogP contribution in [0.4, 0.5) is 0 Å². The van der Waals surface area contributed by atoms with E-state index in [0.29, 0.717) is 0 Å². The number of H-pyrrole nitrogens is 1. The van der Waals surface area contributed by atoms with Crippen molar-refractivity contribution in [2.45, 2.75) is 9.92 Å². The summed E-state index contributed by atoms with van der Waals surface area (Å²) in [4.78, 5) is 2.77. The van der Waals surface area contributed by atoms with E-state index in [9.17, 15) is 13.5 Å². The lowest BCUT2D eigenvalue weighted by molar-refractivity contribution is 0.458. The number of fused-ring (bicyclic) bond motifs is 1. The first-order valence-corrected chi connectivity index (χ1v) is 7.18. The van der Waals surface area contributed by atoms with Gasteiger partial charge >= 0.3 is 0 Å². The maximum atomic E-state index is 12.4. The molecule has 0 aliphatic rings. The van der Waals surface area contributed by atoms with Crippen LogP contribution < -0.4 is 0 Å². The molecule has 0 spiro atoms. The minimum Gasteiger partial charge on any atom is -0.507 e. The van der Waals surface area contributed by atoms with E-state index in [2.05, 4.69) is 4.98 Å². The Morgan fingerprint density at radius 2 is 1.63 bits per heavy atom. The van der Waals surface area contributed by atoms with Crippen LogP contribution >= 0.6 is 0 Å². The first-order valence-electron chi connectivity index (χ1n) is 5.70. The molecule has 0 bridgehead atoms. The van der Waals surface area contributed by atoms with E-state index in [0.717, 1.165) is 10.9 Å².